The van der Waals surface area contributed by atoms with E-state index in [0.29, 0.717) is 29.2 Å². The van der Waals surface area contributed by atoms with E-state index in [1.807, 2.05) is 6.07 Å². The van der Waals surface area contributed by atoms with E-state index in [1.54, 1.807) is 0 Å². The third-order valence-electron chi connectivity index (χ3n) is 6.44. The number of carbonyl (C=O) groups excluding carboxylic acids is 3. The molecule has 0 saturated carbocycles. The molecule has 2 saturated heterocycles. The Morgan fingerprint density at radius 2 is 1.72 bits per heavy atom. The first-order valence-electron chi connectivity index (χ1n) is 10.1. The number of hydrogen-bond acceptors (Lipinski definition) is 7. The Labute approximate surface area is 181 Å². The Bertz CT molecular complexity index is 885. The third kappa shape index (κ3) is 4.01. The summed E-state index contributed by atoms with van der Waals surface area (Å²) in [6, 6.07) is 7.08. The Hall–Kier alpha value is -1.67. The molecule has 2 heterocycles. The molecule has 29 heavy (non-hydrogen) atoms. The van der Waals surface area contributed by atoms with Crippen LogP contribution in [0.25, 0.3) is 0 Å². The number of rotatable bonds is 6. The van der Waals surface area contributed by atoms with Crippen LogP contribution in [-0.2, 0) is 27.2 Å². The zero-order chi connectivity index (χ0) is 20.5. The minimum Gasteiger partial charge on any atom is -0.302 e. The van der Waals surface area contributed by atoms with Crippen LogP contribution in [0.15, 0.2) is 24.3 Å². The van der Waals surface area contributed by atoms with Crippen molar-refractivity contribution < 1.29 is 14.4 Å². The fraction of sp³-hybridized carbons (Fsp3) is 0.500. The fourth-order valence-corrected chi connectivity index (χ4v) is 5.61. The molecule has 0 radical (unpaired) electrons. The lowest BCUT2D eigenvalue weighted by Gasteiger charge is -2.27. The summed E-state index contributed by atoms with van der Waals surface area (Å²) in [6.07, 6.45) is 3.99. The van der Waals surface area contributed by atoms with E-state index in [-0.39, 0.29) is 17.5 Å². The summed E-state index contributed by atoms with van der Waals surface area (Å²) >= 11 is 10.8. The highest BCUT2D eigenvalue weighted by Gasteiger charge is 2.47. The van der Waals surface area contributed by atoms with Crippen LogP contribution >= 0.6 is 24.4 Å². The van der Waals surface area contributed by atoms with Gasteiger partial charge in [0.1, 0.15) is 12.1 Å². The maximum Gasteiger partial charge on any atom is 0.160 e. The number of Topliss-reactive ketones (excluding diaryl/α,β-unsaturated/α-hetero) is 2. The van der Waals surface area contributed by atoms with Crippen molar-refractivity contribution in [1.29, 1.82) is 0 Å². The largest absolute Gasteiger partial charge is 0.302 e. The van der Waals surface area contributed by atoms with Crippen LogP contribution < -0.4 is 10.6 Å². The summed E-state index contributed by atoms with van der Waals surface area (Å²) in [6.45, 7) is 0.737. The van der Waals surface area contributed by atoms with Crippen molar-refractivity contribution in [3.8, 4) is 0 Å². The monoisotopic (exact) mass is 428 g/mol. The normalized spacial score (nSPS) is 31.5. The van der Waals surface area contributed by atoms with Gasteiger partial charge in [-0.1, -0.05) is 48.7 Å². The van der Waals surface area contributed by atoms with Gasteiger partial charge in [0, 0.05) is 29.2 Å². The lowest BCUT2D eigenvalue weighted by molar-refractivity contribution is -0.130. The summed E-state index contributed by atoms with van der Waals surface area (Å²) in [7, 11) is 0. The number of aldehydes is 1. The lowest BCUT2D eigenvalue weighted by Crippen LogP contribution is -2.47. The molecular formula is C22H24N2O3S2. The second-order valence-corrected chi connectivity index (χ2v) is 9.29. The highest BCUT2D eigenvalue weighted by Crippen LogP contribution is 2.31. The molecule has 2 aliphatic heterocycles. The molecule has 152 valence electrons. The predicted molar refractivity (Wildman–Crippen MR) is 118 cm³/mol. The number of thiocarbonyl (C=S) groups is 2. The van der Waals surface area contributed by atoms with E-state index >= 15 is 0 Å². The van der Waals surface area contributed by atoms with Gasteiger partial charge in [-0.05, 0) is 36.3 Å². The quantitative estimate of drug-likeness (QED) is 0.524. The minimum atomic E-state index is -0.684. The average Bonchev–Trinajstić information content (AvgIpc) is 3.29. The van der Waals surface area contributed by atoms with Gasteiger partial charge < -0.3 is 15.4 Å². The summed E-state index contributed by atoms with van der Waals surface area (Å²) in [5.74, 6) is -1.16. The van der Waals surface area contributed by atoms with Crippen LogP contribution in [0.3, 0.4) is 0 Å². The molecule has 0 spiro atoms. The Morgan fingerprint density at radius 3 is 2.48 bits per heavy atom. The zero-order valence-electron chi connectivity index (χ0n) is 16.1. The van der Waals surface area contributed by atoms with E-state index in [0.717, 1.165) is 25.5 Å². The minimum absolute atomic E-state index is 0.0299. The number of hydrogen-bond donors (Lipinski definition) is 2. The molecule has 4 rings (SSSR count). The summed E-state index contributed by atoms with van der Waals surface area (Å²) < 4.78 is 0. The van der Waals surface area contributed by atoms with Crippen molar-refractivity contribution in [3.63, 3.8) is 0 Å². The van der Waals surface area contributed by atoms with E-state index in [9.17, 15) is 14.4 Å². The van der Waals surface area contributed by atoms with E-state index in [2.05, 4.69) is 28.8 Å². The number of carbonyl (C=O) groups is 3. The molecule has 1 aromatic carbocycles. The summed E-state index contributed by atoms with van der Waals surface area (Å²) in [5, 5.41) is 6.08. The van der Waals surface area contributed by atoms with Crippen molar-refractivity contribution in [2.24, 2.45) is 17.8 Å². The van der Waals surface area contributed by atoms with Gasteiger partial charge in [-0.25, -0.2) is 0 Å². The number of benzene rings is 1. The summed E-state index contributed by atoms with van der Waals surface area (Å²) in [4.78, 5) is 38.8. The van der Waals surface area contributed by atoms with Crippen LogP contribution in [0.4, 0.5) is 0 Å². The molecule has 1 aliphatic carbocycles. The molecule has 5 nitrogen and oxygen atoms in total. The van der Waals surface area contributed by atoms with Gasteiger partial charge in [0.05, 0.1) is 23.9 Å². The van der Waals surface area contributed by atoms with Crippen LogP contribution in [0.1, 0.15) is 24.0 Å². The second kappa shape index (κ2) is 8.60. The molecule has 0 aromatic heterocycles. The summed E-state index contributed by atoms with van der Waals surface area (Å²) in [5.41, 5.74) is 2.68. The van der Waals surface area contributed by atoms with Crippen LogP contribution in [-0.4, -0.2) is 52.8 Å². The van der Waals surface area contributed by atoms with E-state index in [1.165, 1.54) is 11.1 Å². The first-order chi connectivity index (χ1) is 14.0. The topological polar surface area (TPSA) is 75.3 Å². The van der Waals surface area contributed by atoms with Gasteiger partial charge >= 0.3 is 0 Å². The van der Waals surface area contributed by atoms with Gasteiger partial charge in [-0.2, -0.15) is 0 Å². The van der Waals surface area contributed by atoms with Gasteiger partial charge in [-0.3, -0.25) is 9.59 Å². The number of ketones is 2. The van der Waals surface area contributed by atoms with Gasteiger partial charge in [0.2, 0.25) is 0 Å². The third-order valence-corrected chi connectivity index (χ3v) is 7.24. The standard InChI is InChI=1S/C22H24N2O3S2/c25-11-15-19(17(28)9-23-15)22(27)21-20(18(29)10-24-21)16(26)8-12-5-6-13-3-1-2-4-14(13)7-12/h1-4,11-12,15,19-21,23-24H,5-10H2/t12-,15-,19?,20?,21+/m1/s1. The van der Waals surface area contributed by atoms with Crippen LogP contribution in [0, 0.1) is 17.8 Å². The Balaban J connectivity index is 1.47. The first-order valence-corrected chi connectivity index (χ1v) is 10.9. The molecule has 2 unspecified atom stereocenters. The molecule has 2 fully saturated rings. The molecular weight excluding hydrogens is 404 g/mol. The van der Waals surface area contributed by atoms with Gasteiger partial charge in [0.15, 0.2) is 5.78 Å². The van der Waals surface area contributed by atoms with Crippen LogP contribution in [0.2, 0.25) is 0 Å². The average molecular weight is 429 g/mol. The maximum atomic E-state index is 13.2. The molecule has 7 heteroatoms. The number of aryl methyl sites for hydroxylation is 1. The molecule has 1 aromatic rings. The van der Waals surface area contributed by atoms with Crippen LogP contribution in [0.5, 0.6) is 0 Å². The van der Waals surface area contributed by atoms with Crippen molar-refractivity contribution in [1.82, 2.24) is 10.6 Å². The van der Waals surface area contributed by atoms with Crippen molar-refractivity contribution in [2.45, 2.75) is 37.8 Å². The molecule has 0 amide bonds. The Morgan fingerprint density at radius 1 is 1.03 bits per heavy atom. The molecule has 5 atom stereocenters. The first kappa shape index (κ1) is 20.6. The van der Waals surface area contributed by atoms with Gasteiger partial charge in [0.25, 0.3) is 0 Å². The van der Waals surface area contributed by atoms with Crippen molar-refractivity contribution >= 4 is 52.0 Å². The molecule has 2 N–H and O–H groups in total. The number of fused-ring (bicyclic) bond motifs is 1. The van der Waals surface area contributed by atoms with E-state index in [4.69, 9.17) is 24.4 Å². The fourth-order valence-electron chi connectivity index (χ4n) is 4.92. The lowest BCUT2D eigenvalue weighted by atomic mass is 9.77. The predicted octanol–water partition coefficient (Wildman–Crippen LogP) is 1.43. The molecule has 3 aliphatic rings. The highest BCUT2D eigenvalue weighted by atomic mass is 32.1. The van der Waals surface area contributed by atoms with E-state index < -0.39 is 23.9 Å². The second-order valence-electron chi connectivity index (χ2n) is 8.24. The maximum absolute atomic E-state index is 13.2. The highest BCUT2D eigenvalue weighted by molar-refractivity contribution is 7.80. The van der Waals surface area contributed by atoms with Crippen molar-refractivity contribution in [3.05, 3.63) is 35.4 Å². The SMILES string of the molecule is O=C[C@H]1NCC(=S)C1C(=O)[C@H]1NCC(=S)C1C(=O)C[C@@H]1CCc2ccccc2C1. The van der Waals surface area contributed by atoms with Gasteiger partial charge in [-0.15, -0.1) is 0 Å². The smallest absolute Gasteiger partial charge is 0.160 e. The molecule has 0 bridgehead atoms. The Kier molecular flexibility index (Phi) is 6.11. The van der Waals surface area contributed by atoms with Crippen molar-refractivity contribution in [2.75, 3.05) is 13.1 Å². The number of nitrogens with one attached hydrogen (secondary N) is 2. The zero-order valence-corrected chi connectivity index (χ0v) is 17.7.